The lowest BCUT2D eigenvalue weighted by atomic mass is 9.95. The third-order valence-electron chi connectivity index (χ3n) is 6.50. The van der Waals surface area contributed by atoms with Gasteiger partial charge in [-0.05, 0) is 49.4 Å². The van der Waals surface area contributed by atoms with Gasteiger partial charge in [0.1, 0.15) is 23.9 Å². The Bertz CT molecular complexity index is 1170. The number of aromatic nitrogens is 2. The van der Waals surface area contributed by atoms with E-state index in [-0.39, 0.29) is 18.0 Å². The van der Waals surface area contributed by atoms with Gasteiger partial charge in [-0.1, -0.05) is 24.3 Å². The van der Waals surface area contributed by atoms with E-state index in [2.05, 4.69) is 28.2 Å². The second-order valence-electron chi connectivity index (χ2n) is 8.43. The Kier molecular flexibility index (Phi) is 5.29. The van der Waals surface area contributed by atoms with Crippen molar-refractivity contribution in [2.24, 2.45) is 0 Å². The maximum Gasteiger partial charge on any atom is 0.306 e. The molecule has 6 nitrogen and oxygen atoms in total. The van der Waals surface area contributed by atoms with Crippen molar-refractivity contribution in [2.45, 2.75) is 45.1 Å². The summed E-state index contributed by atoms with van der Waals surface area (Å²) < 4.78 is 17.0. The molecule has 2 heterocycles. The summed E-state index contributed by atoms with van der Waals surface area (Å²) in [5.74, 6) is 1.37. The zero-order valence-corrected chi connectivity index (χ0v) is 18.6. The van der Waals surface area contributed by atoms with Crippen molar-refractivity contribution in [1.29, 1.82) is 0 Å². The first-order valence-corrected chi connectivity index (χ1v) is 11.0. The van der Waals surface area contributed by atoms with Crippen molar-refractivity contribution in [1.82, 2.24) is 9.97 Å². The molecule has 2 aliphatic rings. The molecule has 1 aromatic heterocycles. The largest absolute Gasteiger partial charge is 0.492 e. The molecule has 1 aliphatic heterocycles. The number of hydrogen-bond donors (Lipinski definition) is 0. The lowest BCUT2D eigenvalue weighted by Gasteiger charge is -2.17. The highest BCUT2D eigenvalue weighted by atomic mass is 16.5. The standard InChI is InChI=1S/C26H26N2O4/c1-15-26(16(2)28-14-27-15)22-6-4-5-21-20(22)9-10-23(21)32-18-7-8-19-17(11-25(29)30-3)13-31-24(19)12-18/h4-8,12,14,17,23H,9-11,13H2,1-3H3/t17-,23-/m1/s1. The zero-order valence-electron chi connectivity index (χ0n) is 18.6. The Morgan fingerprint density at radius 3 is 2.72 bits per heavy atom. The van der Waals surface area contributed by atoms with Gasteiger partial charge < -0.3 is 14.2 Å². The van der Waals surface area contributed by atoms with Crippen LogP contribution in [0.5, 0.6) is 11.5 Å². The first-order chi connectivity index (χ1) is 15.5. The van der Waals surface area contributed by atoms with E-state index in [1.165, 1.54) is 23.8 Å². The van der Waals surface area contributed by atoms with E-state index in [0.717, 1.165) is 46.9 Å². The summed E-state index contributed by atoms with van der Waals surface area (Å²) in [6, 6.07) is 12.3. The van der Waals surface area contributed by atoms with Crippen LogP contribution in [0.25, 0.3) is 11.1 Å². The Balaban J connectivity index is 1.39. The predicted octanol–water partition coefficient (Wildman–Crippen LogP) is 4.87. The smallest absolute Gasteiger partial charge is 0.306 e. The minimum atomic E-state index is -0.223. The van der Waals surface area contributed by atoms with E-state index < -0.39 is 0 Å². The lowest BCUT2D eigenvalue weighted by Crippen LogP contribution is -2.09. The van der Waals surface area contributed by atoms with E-state index in [1.807, 2.05) is 32.0 Å². The molecule has 2 atom stereocenters. The average molecular weight is 431 g/mol. The minimum absolute atomic E-state index is 0.0134. The summed E-state index contributed by atoms with van der Waals surface area (Å²) in [6.07, 6.45) is 3.80. The second-order valence-corrected chi connectivity index (χ2v) is 8.43. The van der Waals surface area contributed by atoms with Crippen LogP contribution >= 0.6 is 0 Å². The van der Waals surface area contributed by atoms with Gasteiger partial charge >= 0.3 is 5.97 Å². The number of carbonyl (C=O) groups is 1. The van der Waals surface area contributed by atoms with Gasteiger partial charge in [-0.15, -0.1) is 0 Å². The summed E-state index contributed by atoms with van der Waals surface area (Å²) in [5.41, 5.74) is 7.87. The van der Waals surface area contributed by atoms with Crippen LogP contribution in [0.15, 0.2) is 42.7 Å². The van der Waals surface area contributed by atoms with Crippen molar-refractivity contribution in [3.63, 3.8) is 0 Å². The van der Waals surface area contributed by atoms with Crippen molar-refractivity contribution in [3.05, 3.63) is 70.8 Å². The first kappa shape index (κ1) is 20.5. The number of hydrogen-bond acceptors (Lipinski definition) is 6. The molecule has 0 N–H and O–H groups in total. The molecule has 5 rings (SSSR count). The van der Waals surface area contributed by atoms with Gasteiger partial charge in [-0.2, -0.15) is 0 Å². The molecule has 0 bridgehead atoms. The summed E-state index contributed by atoms with van der Waals surface area (Å²) >= 11 is 0. The Morgan fingerprint density at radius 1 is 1.12 bits per heavy atom. The first-order valence-electron chi connectivity index (χ1n) is 11.0. The number of aryl methyl sites for hydroxylation is 2. The Morgan fingerprint density at radius 2 is 1.94 bits per heavy atom. The monoisotopic (exact) mass is 430 g/mol. The lowest BCUT2D eigenvalue weighted by molar-refractivity contribution is -0.141. The molecule has 6 heteroatoms. The van der Waals surface area contributed by atoms with Crippen LogP contribution in [0, 0.1) is 13.8 Å². The van der Waals surface area contributed by atoms with Crippen LogP contribution in [0.3, 0.4) is 0 Å². The highest BCUT2D eigenvalue weighted by Crippen LogP contribution is 2.43. The number of methoxy groups -OCH3 is 1. The number of carbonyl (C=O) groups excluding carboxylic acids is 1. The number of ether oxygens (including phenoxy) is 3. The van der Waals surface area contributed by atoms with Crippen LogP contribution in [-0.2, 0) is 16.0 Å². The van der Waals surface area contributed by atoms with Gasteiger partial charge in [-0.3, -0.25) is 4.79 Å². The maximum atomic E-state index is 11.7. The Labute approximate surface area is 187 Å². The van der Waals surface area contributed by atoms with Crippen LogP contribution in [0.4, 0.5) is 0 Å². The quantitative estimate of drug-likeness (QED) is 0.538. The number of rotatable bonds is 5. The average Bonchev–Trinajstić information content (AvgIpc) is 3.38. The number of nitrogens with zero attached hydrogens (tertiary/aromatic N) is 2. The van der Waals surface area contributed by atoms with Crippen LogP contribution in [0.1, 0.15) is 52.9 Å². The van der Waals surface area contributed by atoms with Crippen LogP contribution in [0.2, 0.25) is 0 Å². The van der Waals surface area contributed by atoms with Crippen molar-refractivity contribution in [2.75, 3.05) is 13.7 Å². The highest BCUT2D eigenvalue weighted by molar-refractivity contribution is 5.73. The fraction of sp³-hybridized carbons (Fsp3) is 0.346. The molecular weight excluding hydrogens is 404 g/mol. The molecule has 0 fully saturated rings. The van der Waals surface area contributed by atoms with E-state index in [4.69, 9.17) is 14.2 Å². The third-order valence-corrected chi connectivity index (χ3v) is 6.50. The molecule has 3 aromatic rings. The number of esters is 1. The summed E-state index contributed by atoms with van der Waals surface area (Å²) in [7, 11) is 1.41. The van der Waals surface area contributed by atoms with Gasteiger partial charge in [0.15, 0.2) is 0 Å². The van der Waals surface area contributed by atoms with E-state index in [1.54, 1.807) is 6.33 Å². The normalized spacial score (nSPS) is 18.6. The summed E-state index contributed by atoms with van der Waals surface area (Å²) in [5, 5.41) is 0. The zero-order chi connectivity index (χ0) is 22.2. The predicted molar refractivity (Wildman–Crippen MR) is 120 cm³/mol. The second kappa shape index (κ2) is 8.26. The fourth-order valence-electron chi connectivity index (χ4n) is 4.90. The molecule has 0 radical (unpaired) electrons. The highest BCUT2D eigenvalue weighted by Gasteiger charge is 2.30. The summed E-state index contributed by atoms with van der Waals surface area (Å²) in [4.78, 5) is 20.5. The fourth-order valence-corrected chi connectivity index (χ4v) is 4.90. The Hall–Kier alpha value is -3.41. The van der Waals surface area contributed by atoms with E-state index in [9.17, 15) is 4.79 Å². The summed E-state index contributed by atoms with van der Waals surface area (Å²) in [6.45, 7) is 4.55. The van der Waals surface area contributed by atoms with Gasteiger partial charge in [0, 0.05) is 34.5 Å². The third kappa shape index (κ3) is 3.60. The molecule has 164 valence electrons. The topological polar surface area (TPSA) is 70.5 Å². The molecule has 32 heavy (non-hydrogen) atoms. The van der Waals surface area contributed by atoms with E-state index >= 15 is 0 Å². The van der Waals surface area contributed by atoms with Crippen molar-refractivity contribution in [3.8, 4) is 22.6 Å². The van der Waals surface area contributed by atoms with Gasteiger partial charge in [0.25, 0.3) is 0 Å². The molecule has 0 spiro atoms. The molecule has 0 saturated heterocycles. The molecular formula is C26H26N2O4. The maximum absolute atomic E-state index is 11.7. The SMILES string of the molecule is COC(=O)C[C@@H]1COc2cc(O[C@@H]3CCc4c(-c5c(C)ncnc5C)cccc43)ccc21. The molecule has 0 amide bonds. The van der Waals surface area contributed by atoms with E-state index in [0.29, 0.717) is 13.0 Å². The number of fused-ring (bicyclic) bond motifs is 2. The minimum Gasteiger partial charge on any atom is -0.492 e. The van der Waals surface area contributed by atoms with Gasteiger partial charge in [0.2, 0.25) is 0 Å². The van der Waals surface area contributed by atoms with Gasteiger partial charge in [0.05, 0.1) is 20.1 Å². The molecule has 1 aliphatic carbocycles. The van der Waals surface area contributed by atoms with Crippen LogP contribution < -0.4 is 9.47 Å². The molecule has 0 unspecified atom stereocenters. The number of benzene rings is 2. The molecule has 0 saturated carbocycles. The van der Waals surface area contributed by atoms with Crippen LogP contribution in [-0.4, -0.2) is 29.7 Å². The van der Waals surface area contributed by atoms with Crippen molar-refractivity contribution < 1.29 is 19.0 Å². The molecule has 2 aromatic carbocycles. The van der Waals surface area contributed by atoms with Gasteiger partial charge in [-0.25, -0.2) is 9.97 Å². The van der Waals surface area contributed by atoms with Crippen molar-refractivity contribution >= 4 is 5.97 Å².